The van der Waals surface area contributed by atoms with E-state index >= 15 is 0 Å². The first-order valence-electron chi connectivity index (χ1n) is 10.8. The van der Waals surface area contributed by atoms with Gasteiger partial charge in [0.2, 0.25) is 5.91 Å². The molecule has 1 aromatic carbocycles. The van der Waals surface area contributed by atoms with Gasteiger partial charge in [-0.25, -0.2) is 0 Å². The van der Waals surface area contributed by atoms with Crippen LogP contribution in [0.15, 0.2) is 28.8 Å². The van der Waals surface area contributed by atoms with Gasteiger partial charge in [0.1, 0.15) is 0 Å². The van der Waals surface area contributed by atoms with Crippen molar-refractivity contribution in [2.75, 3.05) is 26.2 Å². The van der Waals surface area contributed by atoms with Crippen molar-refractivity contribution < 1.29 is 22.5 Å². The Labute approximate surface area is 180 Å². The van der Waals surface area contributed by atoms with Gasteiger partial charge in [-0.1, -0.05) is 31.8 Å². The number of piperazine rings is 1. The predicted octanol–water partition coefficient (Wildman–Crippen LogP) is 4.62. The van der Waals surface area contributed by atoms with Gasteiger partial charge in [0.25, 0.3) is 5.89 Å². The lowest BCUT2D eigenvalue weighted by atomic mass is 9.97. The molecule has 0 spiro atoms. The number of unbranched alkanes of at least 4 members (excludes halogenated alkanes) is 1. The number of alkyl halides is 3. The summed E-state index contributed by atoms with van der Waals surface area (Å²) in [6.45, 7) is 7.46. The number of aromatic nitrogens is 2. The topological polar surface area (TPSA) is 62.5 Å². The monoisotopic (exact) mass is 438 g/mol. The highest BCUT2D eigenvalue weighted by atomic mass is 19.4. The lowest BCUT2D eigenvalue weighted by molar-refractivity contribution is -0.138. The fourth-order valence-electron chi connectivity index (χ4n) is 3.77. The third-order valence-electron chi connectivity index (χ3n) is 5.72. The van der Waals surface area contributed by atoms with Crippen LogP contribution in [0.1, 0.15) is 50.9 Å². The second kappa shape index (κ2) is 10.3. The van der Waals surface area contributed by atoms with E-state index in [4.69, 9.17) is 4.52 Å². The summed E-state index contributed by atoms with van der Waals surface area (Å²) in [7, 11) is 0. The van der Waals surface area contributed by atoms with E-state index in [-0.39, 0.29) is 17.7 Å². The Hall–Kier alpha value is -2.42. The van der Waals surface area contributed by atoms with E-state index in [9.17, 15) is 18.0 Å². The van der Waals surface area contributed by atoms with Crippen molar-refractivity contribution in [2.24, 2.45) is 5.92 Å². The van der Waals surface area contributed by atoms with Crippen molar-refractivity contribution >= 4 is 5.91 Å². The molecule has 170 valence electrons. The van der Waals surface area contributed by atoms with Crippen molar-refractivity contribution in [3.63, 3.8) is 0 Å². The SMILES string of the molecule is CCCCC(CC)C(=O)N1CCN(Cc2noc(-c3ccc(C(F)(F)F)cc3)n2)CC1. The first-order valence-corrected chi connectivity index (χ1v) is 10.8. The quantitative estimate of drug-likeness (QED) is 0.602. The first kappa shape index (κ1) is 23.2. The van der Waals surface area contributed by atoms with Gasteiger partial charge in [0.05, 0.1) is 12.1 Å². The smallest absolute Gasteiger partial charge is 0.340 e. The maximum atomic E-state index is 12.7. The average molecular weight is 438 g/mol. The molecular formula is C22H29F3N4O2. The van der Waals surface area contributed by atoms with E-state index in [1.165, 1.54) is 12.1 Å². The van der Waals surface area contributed by atoms with Gasteiger partial charge in [-0.05, 0) is 37.1 Å². The predicted molar refractivity (Wildman–Crippen MR) is 110 cm³/mol. The minimum Gasteiger partial charge on any atom is -0.340 e. The molecule has 31 heavy (non-hydrogen) atoms. The largest absolute Gasteiger partial charge is 0.416 e. The number of benzene rings is 1. The normalized spacial score (nSPS) is 16.5. The molecule has 6 nitrogen and oxygen atoms in total. The molecule has 0 aliphatic carbocycles. The number of carbonyl (C=O) groups excluding carboxylic acids is 1. The Kier molecular flexibility index (Phi) is 7.69. The number of rotatable bonds is 8. The first-order chi connectivity index (χ1) is 14.8. The highest BCUT2D eigenvalue weighted by Crippen LogP contribution is 2.30. The summed E-state index contributed by atoms with van der Waals surface area (Å²) < 4.78 is 43.3. The molecule has 1 saturated heterocycles. The second-order valence-electron chi connectivity index (χ2n) is 7.94. The van der Waals surface area contributed by atoms with Crippen LogP contribution < -0.4 is 0 Å². The number of halogens is 3. The number of nitrogens with zero attached hydrogens (tertiary/aromatic N) is 4. The highest BCUT2D eigenvalue weighted by Gasteiger charge is 2.30. The summed E-state index contributed by atoms with van der Waals surface area (Å²) in [5.74, 6) is 1.03. The molecular weight excluding hydrogens is 409 g/mol. The van der Waals surface area contributed by atoms with Crippen molar-refractivity contribution in [1.82, 2.24) is 19.9 Å². The molecule has 0 bridgehead atoms. The fraction of sp³-hybridized carbons (Fsp3) is 0.591. The third kappa shape index (κ3) is 6.06. The summed E-state index contributed by atoms with van der Waals surface area (Å²) in [6.07, 6.45) is -0.397. The average Bonchev–Trinajstić information content (AvgIpc) is 3.22. The zero-order valence-corrected chi connectivity index (χ0v) is 18.0. The molecule has 0 radical (unpaired) electrons. The van der Waals surface area contributed by atoms with Crippen molar-refractivity contribution in [3.05, 3.63) is 35.7 Å². The third-order valence-corrected chi connectivity index (χ3v) is 5.72. The Bertz CT molecular complexity index is 843. The minimum absolute atomic E-state index is 0.106. The molecule has 3 rings (SSSR count). The Morgan fingerprint density at radius 2 is 1.81 bits per heavy atom. The van der Waals surface area contributed by atoms with Gasteiger partial charge in [-0.15, -0.1) is 0 Å². The molecule has 2 aromatic rings. The Balaban J connectivity index is 1.52. The van der Waals surface area contributed by atoms with Crippen LogP contribution in [0.3, 0.4) is 0 Å². The number of carbonyl (C=O) groups is 1. The maximum absolute atomic E-state index is 12.7. The van der Waals surface area contributed by atoms with E-state index in [0.29, 0.717) is 31.0 Å². The summed E-state index contributed by atoms with van der Waals surface area (Å²) in [5, 5.41) is 3.96. The van der Waals surface area contributed by atoms with Crippen LogP contribution in [0.5, 0.6) is 0 Å². The van der Waals surface area contributed by atoms with Crippen molar-refractivity contribution in [1.29, 1.82) is 0 Å². The summed E-state index contributed by atoms with van der Waals surface area (Å²) >= 11 is 0. The molecule has 0 saturated carbocycles. The molecule has 1 atom stereocenters. The van der Waals surface area contributed by atoms with Gasteiger partial charge in [-0.3, -0.25) is 9.69 Å². The van der Waals surface area contributed by atoms with Crippen LogP contribution in [-0.2, 0) is 17.5 Å². The van der Waals surface area contributed by atoms with Crippen LogP contribution >= 0.6 is 0 Å². The van der Waals surface area contributed by atoms with Gasteiger partial charge in [-0.2, -0.15) is 18.2 Å². The zero-order chi connectivity index (χ0) is 22.4. The molecule has 9 heteroatoms. The van der Waals surface area contributed by atoms with E-state index in [1.807, 2.05) is 4.90 Å². The highest BCUT2D eigenvalue weighted by molar-refractivity contribution is 5.78. The standard InChI is InChI=1S/C22H29F3N4O2/c1-3-5-6-16(4-2)21(30)29-13-11-28(12-14-29)15-19-26-20(31-27-19)17-7-9-18(10-8-17)22(23,24)25/h7-10,16H,3-6,11-15H2,1-2H3. The van der Waals surface area contributed by atoms with Crippen LogP contribution in [0, 0.1) is 5.92 Å². The van der Waals surface area contributed by atoms with Gasteiger partial charge in [0, 0.05) is 37.7 Å². The molecule has 1 aliphatic heterocycles. The van der Waals surface area contributed by atoms with Crippen LogP contribution in [-0.4, -0.2) is 52.0 Å². The summed E-state index contributed by atoms with van der Waals surface area (Å²) in [4.78, 5) is 21.2. The van der Waals surface area contributed by atoms with Gasteiger partial charge in [0.15, 0.2) is 5.82 Å². The van der Waals surface area contributed by atoms with Crippen LogP contribution in [0.4, 0.5) is 13.2 Å². The van der Waals surface area contributed by atoms with Crippen molar-refractivity contribution in [3.8, 4) is 11.5 Å². The number of hydrogen-bond acceptors (Lipinski definition) is 5. The Morgan fingerprint density at radius 1 is 1.13 bits per heavy atom. The van der Waals surface area contributed by atoms with Crippen molar-refractivity contribution in [2.45, 2.75) is 52.3 Å². The second-order valence-corrected chi connectivity index (χ2v) is 7.94. The Morgan fingerprint density at radius 3 is 2.39 bits per heavy atom. The van der Waals surface area contributed by atoms with Gasteiger partial charge >= 0.3 is 6.18 Å². The van der Waals surface area contributed by atoms with E-state index in [1.54, 1.807) is 0 Å². The summed E-state index contributed by atoms with van der Waals surface area (Å²) in [5.41, 5.74) is -0.275. The van der Waals surface area contributed by atoms with E-state index < -0.39 is 11.7 Å². The fourth-order valence-corrected chi connectivity index (χ4v) is 3.77. The molecule has 1 aromatic heterocycles. The van der Waals surface area contributed by atoms with Crippen LogP contribution in [0.2, 0.25) is 0 Å². The zero-order valence-electron chi connectivity index (χ0n) is 18.0. The molecule has 1 fully saturated rings. The lowest BCUT2D eigenvalue weighted by Crippen LogP contribution is -2.50. The minimum atomic E-state index is -4.38. The molecule has 0 N–H and O–H groups in total. The molecule has 1 amide bonds. The molecule has 1 unspecified atom stereocenters. The van der Waals surface area contributed by atoms with Crippen LogP contribution in [0.25, 0.3) is 11.5 Å². The maximum Gasteiger partial charge on any atom is 0.416 e. The van der Waals surface area contributed by atoms with E-state index in [2.05, 4.69) is 28.9 Å². The molecule has 1 aliphatic rings. The van der Waals surface area contributed by atoms with E-state index in [0.717, 1.165) is 50.9 Å². The lowest BCUT2D eigenvalue weighted by Gasteiger charge is -2.35. The van der Waals surface area contributed by atoms with Gasteiger partial charge < -0.3 is 9.42 Å². The summed E-state index contributed by atoms with van der Waals surface area (Å²) in [6, 6.07) is 4.65. The number of hydrogen-bond donors (Lipinski definition) is 0. The number of amides is 1. The molecule has 2 heterocycles.